The lowest BCUT2D eigenvalue weighted by atomic mass is 9.90. The van der Waals surface area contributed by atoms with Crippen molar-refractivity contribution in [2.45, 2.75) is 31.0 Å². The first kappa shape index (κ1) is 27.6. The number of rotatable bonds is 6. The predicted molar refractivity (Wildman–Crippen MR) is 133 cm³/mol. The Labute approximate surface area is 219 Å². The van der Waals surface area contributed by atoms with Crippen LogP contribution in [0.25, 0.3) is 11.1 Å². The lowest BCUT2D eigenvalue weighted by Gasteiger charge is -2.34. The normalized spacial score (nSPS) is 16.2. The van der Waals surface area contributed by atoms with Crippen LogP contribution in [0.5, 0.6) is 0 Å². The Morgan fingerprint density at radius 3 is 1.32 bits per heavy atom. The van der Waals surface area contributed by atoms with Gasteiger partial charge in [-0.3, -0.25) is 9.80 Å². The maximum Gasteiger partial charge on any atom is 0.430 e. The first-order valence-electron chi connectivity index (χ1n) is 11.6. The number of hydrogen-bond acceptors (Lipinski definition) is 3. The Balaban J connectivity index is 1.35. The molecule has 0 bridgehead atoms. The van der Waals surface area contributed by atoms with E-state index in [-0.39, 0.29) is 0 Å². The zero-order valence-corrected chi connectivity index (χ0v) is 21.2. The van der Waals surface area contributed by atoms with Gasteiger partial charge in [-0.2, -0.15) is 26.3 Å². The second-order valence-corrected chi connectivity index (χ2v) is 10.1. The Hall–Kier alpha value is -2.40. The SMILES string of the molecule is OC(c1ccc(-c2ccc(CN3CCN(Cc4ccc(Br)cc4)CC3)cc2)cc1)(C(F)(F)F)C(F)(F)F. The van der Waals surface area contributed by atoms with Gasteiger partial charge in [-0.1, -0.05) is 76.6 Å². The van der Waals surface area contributed by atoms with E-state index in [4.69, 9.17) is 0 Å². The molecule has 1 aliphatic rings. The molecule has 0 aromatic heterocycles. The van der Waals surface area contributed by atoms with Crippen LogP contribution in [0.4, 0.5) is 26.3 Å². The van der Waals surface area contributed by atoms with Crippen molar-refractivity contribution in [3.63, 3.8) is 0 Å². The summed E-state index contributed by atoms with van der Waals surface area (Å²) in [7, 11) is 0. The second-order valence-electron chi connectivity index (χ2n) is 9.16. The molecule has 1 fully saturated rings. The molecule has 3 nitrogen and oxygen atoms in total. The fourth-order valence-corrected chi connectivity index (χ4v) is 4.67. The smallest absolute Gasteiger partial charge is 0.369 e. The molecule has 0 aliphatic carbocycles. The van der Waals surface area contributed by atoms with Gasteiger partial charge in [-0.05, 0) is 34.4 Å². The van der Waals surface area contributed by atoms with Crippen LogP contribution in [0.3, 0.4) is 0 Å². The summed E-state index contributed by atoms with van der Waals surface area (Å²) < 4.78 is 79.7. The minimum Gasteiger partial charge on any atom is -0.369 e. The monoisotopic (exact) mass is 586 g/mol. The van der Waals surface area contributed by atoms with E-state index in [1.54, 1.807) is 12.1 Å². The molecule has 0 atom stereocenters. The molecule has 3 aromatic carbocycles. The van der Waals surface area contributed by atoms with Crippen molar-refractivity contribution in [3.05, 3.63) is 94.0 Å². The zero-order chi connectivity index (χ0) is 26.8. The van der Waals surface area contributed by atoms with Gasteiger partial charge in [0.1, 0.15) is 0 Å². The van der Waals surface area contributed by atoms with Gasteiger partial charge < -0.3 is 5.11 Å². The van der Waals surface area contributed by atoms with Crippen LogP contribution in [0.15, 0.2) is 77.3 Å². The molecule has 4 rings (SSSR count). The minimum absolute atomic E-state index is 0.448. The number of alkyl halides is 6. The molecular formula is C27H25BrF6N2O. The highest BCUT2D eigenvalue weighted by Gasteiger charge is 2.71. The third kappa shape index (κ3) is 6.19. The summed E-state index contributed by atoms with van der Waals surface area (Å²) in [6.45, 7) is 5.38. The molecule has 0 radical (unpaired) electrons. The van der Waals surface area contributed by atoms with E-state index in [0.717, 1.165) is 61.4 Å². The highest BCUT2D eigenvalue weighted by molar-refractivity contribution is 9.10. The zero-order valence-electron chi connectivity index (χ0n) is 19.7. The molecule has 0 spiro atoms. The van der Waals surface area contributed by atoms with Gasteiger partial charge in [0, 0.05) is 49.3 Å². The average Bonchev–Trinajstić information content (AvgIpc) is 2.85. The van der Waals surface area contributed by atoms with Crippen molar-refractivity contribution in [1.29, 1.82) is 0 Å². The minimum atomic E-state index is -5.90. The third-order valence-corrected chi connectivity index (χ3v) is 7.13. The third-order valence-electron chi connectivity index (χ3n) is 6.60. The van der Waals surface area contributed by atoms with E-state index in [1.165, 1.54) is 5.56 Å². The maximum atomic E-state index is 13.1. The average molecular weight is 587 g/mol. The summed E-state index contributed by atoms with van der Waals surface area (Å²) in [6, 6.07) is 19.3. The fourth-order valence-electron chi connectivity index (χ4n) is 4.41. The molecule has 0 amide bonds. The molecular weight excluding hydrogens is 562 g/mol. The van der Waals surface area contributed by atoms with Crippen LogP contribution in [0.1, 0.15) is 16.7 Å². The van der Waals surface area contributed by atoms with E-state index < -0.39 is 23.5 Å². The number of benzene rings is 3. The van der Waals surface area contributed by atoms with Crippen LogP contribution >= 0.6 is 15.9 Å². The van der Waals surface area contributed by atoms with E-state index >= 15 is 0 Å². The number of halogens is 7. The Kier molecular flexibility index (Phi) is 8.04. The number of nitrogens with zero attached hydrogens (tertiary/aromatic N) is 2. The summed E-state index contributed by atoms with van der Waals surface area (Å²) in [5, 5.41) is 9.55. The van der Waals surface area contributed by atoms with Gasteiger partial charge in [-0.15, -0.1) is 0 Å². The van der Waals surface area contributed by atoms with Gasteiger partial charge >= 0.3 is 12.4 Å². The highest BCUT2D eigenvalue weighted by atomic mass is 79.9. The summed E-state index contributed by atoms with van der Waals surface area (Å²) in [4.78, 5) is 4.75. The van der Waals surface area contributed by atoms with E-state index in [0.29, 0.717) is 23.3 Å². The van der Waals surface area contributed by atoms with E-state index in [9.17, 15) is 31.4 Å². The highest BCUT2D eigenvalue weighted by Crippen LogP contribution is 2.50. The molecule has 0 unspecified atom stereocenters. The van der Waals surface area contributed by atoms with Crippen LogP contribution in [-0.4, -0.2) is 53.4 Å². The van der Waals surface area contributed by atoms with Crippen LogP contribution in [0, 0.1) is 0 Å². The molecule has 3 aromatic rings. The summed E-state index contributed by atoms with van der Waals surface area (Å²) in [5.74, 6) is 0. The summed E-state index contributed by atoms with van der Waals surface area (Å²) >= 11 is 3.45. The van der Waals surface area contributed by atoms with E-state index in [2.05, 4.69) is 37.9 Å². The molecule has 1 N–H and O–H groups in total. The molecule has 198 valence electrons. The van der Waals surface area contributed by atoms with Crippen molar-refractivity contribution in [2.24, 2.45) is 0 Å². The van der Waals surface area contributed by atoms with Crippen molar-refractivity contribution in [3.8, 4) is 11.1 Å². The molecule has 1 saturated heterocycles. The number of aliphatic hydroxyl groups is 1. The summed E-state index contributed by atoms with van der Waals surface area (Å²) in [6.07, 6.45) is -11.8. The lowest BCUT2D eigenvalue weighted by Crippen LogP contribution is -2.53. The van der Waals surface area contributed by atoms with Crippen LogP contribution in [-0.2, 0) is 18.7 Å². The van der Waals surface area contributed by atoms with Crippen molar-refractivity contribution in [1.82, 2.24) is 9.80 Å². The van der Waals surface area contributed by atoms with Gasteiger partial charge in [0.25, 0.3) is 5.60 Å². The topological polar surface area (TPSA) is 26.7 Å². The van der Waals surface area contributed by atoms with Crippen LogP contribution < -0.4 is 0 Å². The molecule has 0 saturated carbocycles. The van der Waals surface area contributed by atoms with Gasteiger partial charge in [0.2, 0.25) is 0 Å². The quantitative estimate of drug-likeness (QED) is 0.324. The predicted octanol–water partition coefficient (Wildman–Crippen LogP) is 6.75. The van der Waals surface area contributed by atoms with Crippen molar-refractivity contribution >= 4 is 15.9 Å². The number of hydrogen-bond donors (Lipinski definition) is 1. The van der Waals surface area contributed by atoms with Gasteiger partial charge in [0.05, 0.1) is 0 Å². The first-order chi connectivity index (χ1) is 17.4. The fraction of sp³-hybridized carbons (Fsp3) is 0.333. The van der Waals surface area contributed by atoms with Crippen LogP contribution in [0.2, 0.25) is 0 Å². The molecule has 1 aliphatic heterocycles. The van der Waals surface area contributed by atoms with Gasteiger partial charge in [0.15, 0.2) is 0 Å². The van der Waals surface area contributed by atoms with Crippen molar-refractivity contribution < 1.29 is 31.4 Å². The standard InChI is InChI=1S/C27H25BrF6N2O/c28-24-11-3-20(4-12-24)18-36-15-13-35(14-16-36)17-19-1-5-21(6-2-19)22-7-9-23(10-8-22)25(37,26(29,30)31)27(32,33)34/h1-12,37H,13-18H2. The lowest BCUT2D eigenvalue weighted by molar-refractivity contribution is -0.376. The Bertz CT molecular complexity index is 1160. The largest absolute Gasteiger partial charge is 0.430 e. The number of piperazine rings is 1. The summed E-state index contributed by atoms with van der Waals surface area (Å²) in [5.41, 5.74) is -2.77. The Morgan fingerprint density at radius 1 is 0.595 bits per heavy atom. The second kappa shape index (κ2) is 10.8. The molecule has 10 heteroatoms. The van der Waals surface area contributed by atoms with Gasteiger partial charge in [-0.25, -0.2) is 0 Å². The Morgan fingerprint density at radius 2 is 0.946 bits per heavy atom. The molecule has 37 heavy (non-hydrogen) atoms. The van der Waals surface area contributed by atoms with E-state index in [1.807, 2.05) is 24.3 Å². The first-order valence-corrected chi connectivity index (χ1v) is 12.4. The molecule has 1 heterocycles. The maximum absolute atomic E-state index is 13.1. The van der Waals surface area contributed by atoms with Crippen molar-refractivity contribution in [2.75, 3.05) is 26.2 Å².